The zero-order valence-electron chi connectivity index (χ0n) is 22.2. The third-order valence-electron chi connectivity index (χ3n) is 7.17. The van der Waals surface area contributed by atoms with Gasteiger partial charge < -0.3 is 4.74 Å². The Balaban J connectivity index is 1.29. The number of carbonyl (C=O) groups excluding carboxylic acids is 2. The maximum Gasteiger partial charge on any atom is 0.347 e. The molecule has 0 amide bonds. The van der Waals surface area contributed by atoms with E-state index in [1.165, 1.54) is 77.0 Å². The lowest BCUT2D eigenvalue weighted by Gasteiger charge is -2.10. The monoisotopic (exact) mass is 488 g/mol. The second-order valence-electron chi connectivity index (χ2n) is 10.2. The van der Waals surface area contributed by atoms with Crippen molar-refractivity contribution in [2.45, 2.75) is 110 Å². The first-order valence-corrected chi connectivity index (χ1v) is 14.4. The summed E-state index contributed by atoms with van der Waals surface area (Å²) in [7, 11) is 0. The van der Waals surface area contributed by atoms with E-state index < -0.39 is 11.9 Å². The van der Waals surface area contributed by atoms with E-state index in [1.54, 1.807) is 0 Å². The summed E-state index contributed by atoms with van der Waals surface area (Å²) in [5.41, 5.74) is 0.480. The highest BCUT2D eigenvalue weighted by molar-refractivity contribution is 6.18. The molecule has 3 aromatic carbocycles. The van der Waals surface area contributed by atoms with E-state index in [0.29, 0.717) is 12.0 Å². The highest BCUT2D eigenvalue weighted by Gasteiger charge is 2.19. The van der Waals surface area contributed by atoms with E-state index in [9.17, 15) is 9.59 Å². The Hall–Kier alpha value is -2.68. The summed E-state index contributed by atoms with van der Waals surface area (Å²) in [5.74, 6) is -0.972. The van der Waals surface area contributed by atoms with Crippen LogP contribution in [0, 0.1) is 0 Å². The van der Waals surface area contributed by atoms with Crippen molar-refractivity contribution in [1.82, 2.24) is 0 Å². The predicted octanol–water partition coefficient (Wildman–Crippen LogP) is 9.94. The largest absolute Gasteiger partial charge is 0.389 e. The second kappa shape index (κ2) is 16.1. The van der Waals surface area contributed by atoms with Crippen molar-refractivity contribution in [3.8, 4) is 0 Å². The fraction of sp³-hybridized carbons (Fsp3) is 0.515. The molecule has 0 bridgehead atoms. The Kier molecular flexibility index (Phi) is 12.5. The Morgan fingerprint density at radius 2 is 1.00 bits per heavy atom. The van der Waals surface area contributed by atoms with Gasteiger partial charge in [-0.3, -0.25) is 4.79 Å². The fourth-order valence-corrected chi connectivity index (χ4v) is 5.08. The van der Waals surface area contributed by atoms with Gasteiger partial charge in [-0.05, 0) is 34.0 Å². The van der Waals surface area contributed by atoms with Crippen LogP contribution in [0.2, 0.25) is 0 Å². The fourth-order valence-electron chi connectivity index (χ4n) is 5.08. The number of esters is 2. The molecule has 0 aliphatic rings. The summed E-state index contributed by atoms with van der Waals surface area (Å²) >= 11 is 0. The zero-order chi connectivity index (χ0) is 25.4. The van der Waals surface area contributed by atoms with E-state index >= 15 is 0 Å². The van der Waals surface area contributed by atoms with Gasteiger partial charge in [0.05, 0.1) is 5.56 Å². The average molecular weight is 489 g/mol. The standard InChI is InChI=1S/C33H44O3/c1-2-3-4-5-6-7-8-9-10-11-12-13-14-15-16-25-31(34)36-33(35)32-29-23-19-17-21-27(29)26-28-22-18-20-24-30(28)32/h17-24,26H,2-16,25H2,1H3. The molecule has 3 aromatic rings. The molecule has 0 atom stereocenters. The number of rotatable bonds is 17. The van der Waals surface area contributed by atoms with Crippen LogP contribution in [0.1, 0.15) is 120 Å². The number of benzene rings is 3. The molecule has 0 aromatic heterocycles. The van der Waals surface area contributed by atoms with Crippen LogP contribution in [0.15, 0.2) is 54.6 Å². The van der Waals surface area contributed by atoms with Gasteiger partial charge in [-0.1, -0.05) is 145 Å². The van der Waals surface area contributed by atoms with Crippen LogP contribution >= 0.6 is 0 Å². The van der Waals surface area contributed by atoms with Gasteiger partial charge in [0.25, 0.3) is 0 Å². The molecule has 0 spiro atoms. The minimum absolute atomic E-state index is 0.298. The van der Waals surface area contributed by atoms with E-state index in [2.05, 4.69) is 13.0 Å². The van der Waals surface area contributed by atoms with Crippen molar-refractivity contribution in [3.05, 3.63) is 60.2 Å². The number of carbonyl (C=O) groups is 2. The van der Waals surface area contributed by atoms with E-state index in [-0.39, 0.29) is 0 Å². The molecule has 0 N–H and O–H groups in total. The van der Waals surface area contributed by atoms with Gasteiger partial charge in [0.1, 0.15) is 0 Å². The van der Waals surface area contributed by atoms with Gasteiger partial charge in [-0.25, -0.2) is 4.79 Å². The molecule has 0 saturated carbocycles. The molecule has 0 unspecified atom stereocenters. The van der Waals surface area contributed by atoms with Gasteiger partial charge in [-0.2, -0.15) is 0 Å². The Morgan fingerprint density at radius 1 is 0.583 bits per heavy atom. The summed E-state index contributed by atoms with van der Waals surface area (Å²) in [6.07, 6.45) is 19.5. The molecule has 0 fully saturated rings. The number of hydrogen-bond acceptors (Lipinski definition) is 3. The summed E-state index contributed by atoms with van der Waals surface area (Å²) in [6.45, 7) is 2.27. The minimum atomic E-state index is -0.547. The molecule has 0 aliphatic carbocycles. The summed E-state index contributed by atoms with van der Waals surface area (Å²) in [4.78, 5) is 25.4. The number of hydrogen-bond donors (Lipinski definition) is 0. The first-order chi connectivity index (χ1) is 17.7. The van der Waals surface area contributed by atoms with E-state index in [4.69, 9.17) is 4.74 Å². The van der Waals surface area contributed by atoms with Crippen LogP contribution in [0.25, 0.3) is 21.5 Å². The first kappa shape index (κ1) is 27.9. The quantitative estimate of drug-likeness (QED) is 0.0821. The van der Waals surface area contributed by atoms with Crippen LogP contribution in [0.4, 0.5) is 0 Å². The van der Waals surface area contributed by atoms with Gasteiger partial charge in [0.15, 0.2) is 0 Å². The molecule has 36 heavy (non-hydrogen) atoms. The van der Waals surface area contributed by atoms with Gasteiger partial charge in [0, 0.05) is 6.42 Å². The van der Waals surface area contributed by atoms with E-state index in [1.807, 2.05) is 48.5 Å². The van der Waals surface area contributed by atoms with Crippen molar-refractivity contribution in [2.75, 3.05) is 0 Å². The molecule has 3 nitrogen and oxygen atoms in total. The molecule has 0 aliphatic heterocycles. The lowest BCUT2D eigenvalue weighted by atomic mass is 9.97. The van der Waals surface area contributed by atoms with Crippen LogP contribution < -0.4 is 0 Å². The van der Waals surface area contributed by atoms with Crippen molar-refractivity contribution >= 4 is 33.5 Å². The van der Waals surface area contributed by atoms with Crippen molar-refractivity contribution < 1.29 is 14.3 Å². The average Bonchev–Trinajstić information content (AvgIpc) is 2.89. The number of unbranched alkanes of at least 4 members (excludes halogenated alkanes) is 14. The topological polar surface area (TPSA) is 43.4 Å². The smallest absolute Gasteiger partial charge is 0.347 e. The zero-order valence-corrected chi connectivity index (χ0v) is 22.2. The van der Waals surface area contributed by atoms with Crippen molar-refractivity contribution in [2.24, 2.45) is 0 Å². The van der Waals surface area contributed by atoms with Crippen LogP contribution in [-0.2, 0) is 9.53 Å². The maximum atomic E-state index is 13.0. The van der Waals surface area contributed by atoms with Gasteiger partial charge >= 0.3 is 11.9 Å². The second-order valence-corrected chi connectivity index (χ2v) is 10.2. The highest BCUT2D eigenvalue weighted by atomic mass is 16.6. The predicted molar refractivity (Wildman–Crippen MR) is 151 cm³/mol. The molecule has 194 valence electrons. The SMILES string of the molecule is CCCCCCCCCCCCCCCCCC(=O)OC(=O)c1c2ccccc2cc2ccccc12. The molecule has 0 heterocycles. The molecule has 3 heteroatoms. The van der Waals surface area contributed by atoms with Crippen LogP contribution in [0.3, 0.4) is 0 Å². The summed E-state index contributed by atoms with van der Waals surface area (Å²) in [5, 5.41) is 3.58. The maximum absolute atomic E-state index is 13.0. The summed E-state index contributed by atoms with van der Waals surface area (Å²) < 4.78 is 5.29. The van der Waals surface area contributed by atoms with Gasteiger partial charge in [-0.15, -0.1) is 0 Å². The Morgan fingerprint density at radius 3 is 1.47 bits per heavy atom. The lowest BCUT2D eigenvalue weighted by Crippen LogP contribution is -2.13. The number of ether oxygens (including phenoxy) is 1. The molecule has 0 saturated heterocycles. The number of fused-ring (bicyclic) bond motifs is 2. The highest BCUT2D eigenvalue weighted by Crippen LogP contribution is 2.29. The Labute approximate surface area is 217 Å². The van der Waals surface area contributed by atoms with Gasteiger partial charge in [0.2, 0.25) is 0 Å². The van der Waals surface area contributed by atoms with Crippen LogP contribution in [-0.4, -0.2) is 11.9 Å². The van der Waals surface area contributed by atoms with E-state index in [0.717, 1.165) is 40.8 Å². The normalized spacial score (nSPS) is 11.2. The van der Waals surface area contributed by atoms with Crippen molar-refractivity contribution in [1.29, 1.82) is 0 Å². The third-order valence-corrected chi connectivity index (χ3v) is 7.17. The Bertz CT molecular complexity index is 1030. The minimum Gasteiger partial charge on any atom is -0.389 e. The molecule has 0 radical (unpaired) electrons. The molecular formula is C33H44O3. The van der Waals surface area contributed by atoms with Crippen LogP contribution in [0.5, 0.6) is 0 Å². The first-order valence-electron chi connectivity index (χ1n) is 14.4. The molecule has 3 rings (SSSR count). The summed E-state index contributed by atoms with van der Waals surface area (Å²) in [6, 6.07) is 17.6. The molecular weight excluding hydrogens is 444 g/mol. The lowest BCUT2D eigenvalue weighted by molar-refractivity contribution is -0.138. The van der Waals surface area contributed by atoms with Crippen molar-refractivity contribution in [3.63, 3.8) is 0 Å². The third kappa shape index (κ3) is 9.08.